The van der Waals surface area contributed by atoms with Crippen molar-refractivity contribution in [1.82, 2.24) is 10.9 Å². The molecule has 0 aliphatic heterocycles. The van der Waals surface area contributed by atoms with Crippen LogP contribution in [0.2, 0.25) is 0 Å². The number of carboxylic acid groups (broad SMARTS) is 1. The highest BCUT2D eigenvalue weighted by Gasteiger charge is 2.51. The van der Waals surface area contributed by atoms with Crippen LogP contribution < -0.4 is 15.6 Å². The van der Waals surface area contributed by atoms with Gasteiger partial charge < -0.3 is 9.84 Å². The summed E-state index contributed by atoms with van der Waals surface area (Å²) in [7, 11) is 1.45. The van der Waals surface area contributed by atoms with Crippen LogP contribution in [-0.2, 0) is 9.59 Å². The summed E-state index contributed by atoms with van der Waals surface area (Å²) in [6.07, 6.45) is 4.41. The Morgan fingerprint density at radius 3 is 2.42 bits per heavy atom. The number of carboxylic acids is 1. The molecule has 7 heteroatoms. The average Bonchev–Trinajstić information content (AvgIpc) is 3.20. The molecule has 2 aliphatic carbocycles. The molecule has 2 aliphatic rings. The van der Waals surface area contributed by atoms with Gasteiger partial charge in [-0.1, -0.05) is 24.3 Å². The minimum Gasteiger partial charge on any atom is -0.496 e. The second kappa shape index (κ2) is 6.35. The summed E-state index contributed by atoms with van der Waals surface area (Å²) < 4.78 is 5.10. The summed E-state index contributed by atoms with van der Waals surface area (Å²) in [6.45, 7) is 0. The standard InChI is InChI=1S/C17H18N2O5/c1-24-12-5-3-2-4-11(12)15(20)18-19-16(21)13-9-6-7-10(8-9)14(13)17(22)23/h2-7,9-10,13-14H,8H2,1H3,(H,18,20)(H,19,21)(H,22,23)/t9-,10+,13+,14+/m1/s1. The molecule has 0 unspecified atom stereocenters. The third kappa shape index (κ3) is 2.73. The number of hydrogen-bond acceptors (Lipinski definition) is 4. The van der Waals surface area contributed by atoms with Crippen molar-refractivity contribution in [1.29, 1.82) is 0 Å². The molecule has 1 aromatic carbocycles. The SMILES string of the molecule is COc1ccccc1C(=O)NNC(=O)[C@@H]1[C@@H](C(=O)O)[C@H]2C=C[C@@H]1C2. The van der Waals surface area contributed by atoms with E-state index in [9.17, 15) is 19.5 Å². The van der Waals surface area contributed by atoms with E-state index in [4.69, 9.17) is 4.74 Å². The number of fused-ring (bicyclic) bond motifs is 2. The fourth-order valence-corrected chi connectivity index (χ4v) is 3.62. The van der Waals surface area contributed by atoms with E-state index < -0.39 is 29.6 Å². The van der Waals surface area contributed by atoms with Crippen LogP contribution in [0.1, 0.15) is 16.8 Å². The molecule has 0 saturated heterocycles. The molecule has 24 heavy (non-hydrogen) atoms. The molecule has 0 radical (unpaired) electrons. The lowest BCUT2D eigenvalue weighted by Crippen LogP contribution is -2.48. The Balaban J connectivity index is 1.66. The summed E-state index contributed by atoms with van der Waals surface area (Å²) in [5.74, 6) is -3.24. The van der Waals surface area contributed by atoms with Crippen LogP contribution in [0.15, 0.2) is 36.4 Å². The van der Waals surface area contributed by atoms with E-state index in [-0.39, 0.29) is 17.4 Å². The first-order valence-electron chi connectivity index (χ1n) is 7.67. The fourth-order valence-electron chi connectivity index (χ4n) is 3.62. The fraction of sp³-hybridized carbons (Fsp3) is 0.353. The van der Waals surface area contributed by atoms with Gasteiger partial charge >= 0.3 is 5.97 Å². The Bertz CT molecular complexity index is 715. The Kier molecular flexibility index (Phi) is 4.24. The van der Waals surface area contributed by atoms with Crippen LogP contribution in [0.25, 0.3) is 0 Å². The maximum Gasteiger partial charge on any atom is 0.307 e. The van der Waals surface area contributed by atoms with Gasteiger partial charge in [0, 0.05) is 0 Å². The maximum atomic E-state index is 12.4. The van der Waals surface area contributed by atoms with E-state index in [0.717, 1.165) is 0 Å². The van der Waals surface area contributed by atoms with Crippen LogP contribution in [0, 0.1) is 23.7 Å². The number of nitrogens with one attached hydrogen (secondary N) is 2. The minimum absolute atomic E-state index is 0.0979. The van der Waals surface area contributed by atoms with Gasteiger partial charge in [-0.15, -0.1) is 0 Å². The first-order valence-corrected chi connectivity index (χ1v) is 7.67. The molecule has 3 N–H and O–H groups in total. The van der Waals surface area contributed by atoms with Gasteiger partial charge in [0.05, 0.1) is 24.5 Å². The van der Waals surface area contributed by atoms with Crippen molar-refractivity contribution in [2.24, 2.45) is 23.7 Å². The third-order valence-corrected chi connectivity index (χ3v) is 4.70. The molecule has 1 aromatic rings. The van der Waals surface area contributed by atoms with Crippen molar-refractivity contribution in [3.63, 3.8) is 0 Å². The number of hydrazine groups is 1. The van der Waals surface area contributed by atoms with E-state index >= 15 is 0 Å². The number of para-hydroxylation sites is 1. The molecular weight excluding hydrogens is 312 g/mol. The van der Waals surface area contributed by atoms with Gasteiger partial charge in [0.2, 0.25) is 5.91 Å². The predicted molar refractivity (Wildman–Crippen MR) is 84.0 cm³/mol. The topological polar surface area (TPSA) is 105 Å². The van der Waals surface area contributed by atoms with E-state index in [1.54, 1.807) is 24.3 Å². The lowest BCUT2D eigenvalue weighted by molar-refractivity contribution is -0.148. The Hall–Kier alpha value is -2.83. The summed E-state index contributed by atoms with van der Waals surface area (Å²) >= 11 is 0. The predicted octanol–water partition coefficient (Wildman–Crippen LogP) is 0.979. The van der Waals surface area contributed by atoms with E-state index in [1.807, 2.05) is 12.2 Å². The lowest BCUT2D eigenvalue weighted by Gasteiger charge is -2.23. The quantitative estimate of drug-likeness (QED) is 0.564. The maximum absolute atomic E-state index is 12.4. The van der Waals surface area contributed by atoms with Crippen molar-refractivity contribution in [2.75, 3.05) is 7.11 Å². The molecule has 0 aromatic heterocycles. The number of aliphatic carboxylic acids is 1. The summed E-state index contributed by atoms with van der Waals surface area (Å²) in [4.78, 5) is 36.0. The number of rotatable bonds is 4. The van der Waals surface area contributed by atoms with Crippen molar-refractivity contribution >= 4 is 17.8 Å². The number of amides is 2. The Labute approximate surface area is 138 Å². The first-order chi connectivity index (χ1) is 11.5. The van der Waals surface area contributed by atoms with Crippen molar-refractivity contribution < 1.29 is 24.2 Å². The number of carbonyl (C=O) groups is 3. The van der Waals surface area contributed by atoms with Crippen LogP contribution in [-0.4, -0.2) is 30.0 Å². The van der Waals surface area contributed by atoms with Gasteiger partial charge in [-0.2, -0.15) is 0 Å². The second-order valence-corrected chi connectivity index (χ2v) is 5.98. The zero-order valence-electron chi connectivity index (χ0n) is 13.1. The monoisotopic (exact) mass is 330 g/mol. The zero-order chi connectivity index (χ0) is 17.3. The van der Waals surface area contributed by atoms with Gasteiger partial charge in [0.1, 0.15) is 5.75 Å². The minimum atomic E-state index is -0.983. The molecule has 2 bridgehead atoms. The second-order valence-electron chi connectivity index (χ2n) is 5.98. The summed E-state index contributed by atoms with van der Waals surface area (Å²) in [6, 6.07) is 6.62. The van der Waals surface area contributed by atoms with Crippen LogP contribution >= 0.6 is 0 Å². The highest BCUT2D eigenvalue weighted by atomic mass is 16.5. The average molecular weight is 330 g/mol. The third-order valence-electron chi connectivity index (χ3n) is 4.70. The first kappa shape index (κ1) is 16.0. The molecule has 7 nitrogen and oxygen atoms in total. The highest BCUT2D eigenvalue weighted by Crippen LogP contribution is 2.48. The Morgan fingerprint density at radius 1 is 1.08 bits per heavy atom. The molecule has 2 amide bonds. The molecule has 1 saturated carbocycles. The molecule has 126 valence electrons. The molecule has 3 rings (SSSR count). The number of benzene rings is 1. The lowest BCUT2D eigenvalue weighted by atomic mass is 9.82. The van der Waals surface area contributed by atoms with Gasteiger partial charge in [-0.25, -0.2) is 0 Å². The molecule has 4 atom stereocenters. The normalized spacial score (nSPS) is 26.9. The molecule has 0 heterocycles. The number of carbonyl (C=O) groups excluding carboxylic acids is 2. The van der Waals surface area contributed by atoms with Gasteiger partial charge in [0.25, 0.3) is 5.91 Å². The van der Waals surface area contributed by atoms with E-state index in [0.29, 0.717) is 12.2 Å². The van der Waals surface area contributed by atoms with Crippen LogP contribution in [0.4, 0.5) is 0 Å². The smallest absolute Gasteiger partial charge is 0.307 e. The number of methoxy groups -OCH3 is 1. The van der Waals surface area contributed by atoms with Gasteiger partial charge in [0.15, 0.2) is 0 Å². The highest BCUT2D eigenvalue weighted by molar-refractivity contribution is 5.98. The van der Waals surface area contributed by atoms with Crippen molar-refractivity contribution in [3.05, 3.63) is 42.0 Å². The van der Waals surface area contributed by atoms with Crippen LogP contribution in [0.5, 0.6) is 5.75 Å². The largest absolute Gasteiger partial charge is 0.496 e. The molecule has 0 spiro atoms. The van der Waals surface area contributed by atoms with Gasteiger partial charge in [-0.3, -0.25) is 25.2 Å². The number of hydrogen-bond donors (Lipinski definition) is 3. The number of allylic oxidation sites excluding steroid dienone is 2. The molecule has 1 fully saturated rings. The number of ether oxygens (including phenoxy) is 1. The van der Waals surface area contributed by atoms with E-state index in [1.165, 1.54) is 7.11 Å². The van der Waals surface area contributed by atoms with Crippen molar-refractivity contribution in [3.8, 4) is 5.75 Å². The van der Waals surface area contributed by atoms with Gasteiger partial charge in [-0.05, 0) is 30.4 Å². The van der Waals surface area contributed by atoms with Crippen molar-refractivity contribution in [2.45, 2.75) is 6.42 Å². The van der Waals surface area contributed by atoms with E-state index in [2.05, 4.69) is 10.9 Å². The van der Waals surface area contributed by atoms with Crippen LogP contribution in [0.3, 0.4) is 0 Å². The summed E-state index contributed by atoms with van der Waals surface area (Å²) in [5, 5.41) is 9.36. The summed E-state index contributed by atoms with van der Waals surface area (Å²) in [5.41, 5.74) is 4.97. The molecular formula is C17H18N2O5. The zero-order valence-corrected chi connectivity index (χ0v) is 13.1. The Morgan fingerprint density at radius 2 is 1.75 bits per heavy atom.